The zero-order chi connectivity index (χ0) is 21.1. The molecule has 5 heteroatoms. The van der Waals surface area contributed by atoms with Crippen LogP contribution in [-0.2, 0) is 4.79 Å². The Morgan fingerprint density at radius 3 is 2.48 bits per heavy atom. The maximum Gasteiger partial charge on any atom is 0.309 e. The minimum absolute atomic E-state index is 0.112. The second kappa shape index (κ2) is 6.61. The quantitative estimate of drug-likeness (QED) is 0.580. The number of hydrogen-bond acceptors (Lipinski definition) is 2. The van der Waals surface area contributed by atoms with Crippen LogP contribution >= 0.6 is 0 Å². The number of aromatic hydroxyl groups is 1. The van der Waals surface area contributed by atoms with Crippen LogP contribution in [0.25, 0.3) is 16.6 Å². The summed E-state index contributed by atoms with van der Waals surface area (Å²) in [4.78, 5) is 11.6. The van der Waals surface area contributed by atoms with Crippen LogP contribution in [0.1, 0.15) is 62.3 Å². The molecule has 2 aromatic carbocycles. The molecule has 0 radical (unpaired) electrons. The first-order chi connectivity index (χ1) is 13.6. The van der Waals surface area contributed by atoms with Crippen LogP contribution in [0.3, 0.4) is 0 Å². The lowest BCUT2D eigenvalue weighted by Crippen LogP contribution is -2.40. The molecule has 4 rings (SSSR count). The molecule has 3 aromatic rings. The van der Waals surface area contributed by atoms with E-state index in [4.69, 9.17) is 0 Å². The van der Waals surface area contributed by atoms with Gasteiger partial charge in [0.15, 0.2) is 0 Å². The largest absolute Gasteiger partial charge is 0.508 e. The third kappa shape index (κ3) is 3.00. The molecule has 2 N–H and O–H groups in total. The third-order valence-corrected chi connectivity index (χ3v) is 6.29. The van der Waals surface area contributed by atoms with Gasteiger partial charge in [-0.2, -0.15) is 0 Å². The molecule has 1 fully saturated rings. The fourth-order valence-corrected chi connectivity index (χ4v) is 4.77. The summed E-state index contributed by atoms with van der Waals surface area (Å²) in [7, 11) is 0. The Labute approximate surface area is 169 Å². The Morgan fingerprint density at radius 2 is 1.90 bits per heavy atom. The molecule has 152 valence electrons. The van der Waals surface area contributed by atoms with Gasteiger partial charge in [0.05, 0.1) is 10.9 Å². The van der Waals surface area contributed by atoms with Crippen molar-refractivity contribution in [2.75, 3.05) is 0 Å². The minimum Gasteiger partial charge on any atom is -0.508 e. The van der Waals surface area contributed by atoms with Crippen LogP contribution in [-0.4, -0.2) is 20.7 Å². The van der Waals surface area contributed by atoms with Crippen molar-refractivity contribution in [2.24, 2.45) is 5.41 Å². The highest BCUT2D eigenvalue weighted by Crippen LogP contribution is 2.55. The van der Waals surface area contributed by atoms with Gasteiger partial charge in [-0.25, -0.2) is 4.39 Å². The molecular formula is C24H26FNO3. The predicted octanol–water partition coefficient (Wildman–Crippen LogP) is 5.88. The first kappa shape index (κ1) is 19.5. The maximum absolute atomic E-state index is 13.9. The summed E-state index contributed by atoms with van der Waals surface area (Å²) in [5, 5.41) is 20.6. The van der Waals surface area contributed by atoms with Gasteiger partial charge in [0.1, 0.15) is 11.6 Å². The summed E-state index contributed by atoms with van der Waals surface area (Å²) in [6, 6.07) is 10.4. The number of aromatic nitrogens is 1. The SMILES string of the molecule is Cc1cc(-n2c(C(C)C)c([C@H]3C[C@@](C)(C(=O)O)C3)c3cc(O)ccc32)ccc1F. The van der Waals surface area contributed by atoms with Crippen LogP contribution in [0, 0.1) is 18.2 Å². The highest BCUT2D eigenvalue weighted by atomic mass is 19.1. The number of carboxylic acids is 1. The maximum atomic E-state index is 13.9. The summed E-state index contributed by atoms with van der Waals surface area (Å²) < 4.78 is 16.0. The van der Waals surface area contributed by atoms with Crippen LogP contribution in [0.4, 0.5) is 4.39 Å². The normalized spacial score (nSPS) is 21.5. The number of carboxylic acid groups (broad SMARTS) is 1. The van der Waals surface area contributed by atoms with E-state index >= 15 is 0 Å². The van der Waals surface area contributed by atoms with Gasteiger partial charge in [-0.1, -0.05) is 13.8 Å². The summed E-state index contributed by atoms with van der Waals surface area (Å²) in [5.41, 5.74) is 3.87. The molecule has 1 aliphatic rings. The monoisotopic (exact) mass is 395 g/mol. The van der Waals surface area contributed by atoms with Crippen LogP contribution in [0.2, 0.25) is 0 Å². The Kier molecular flexibility index (Phi) is 4.45. The highest BCUT2D eigenvalue weighted by Gasteiger charge is 2.48. The van der Waals surface area contributed by atoms with Crippen molar-refractivity contribution < 1.29 is 19.4 Å². The first-order valence-corrected chi connectivity index (χ1v) is 9.99. The van der Waals surface area contributed by atoms with Crippen LogP contribution < -0.4 is 0 Å². The van der Waals surface area contributed by atoms with Crippen LogP contribution in [0.15, 0.2) is 36.4 Å². The van der Waals surface area contributed by atoms with Gasteiger partial charge < -0.3 is 14.8 Å². The van der Waals surface area contributed by atoms with Crippen molar-refractivity contribution in [3.05, 3.63) is 59.0 Å². The lowest BCUT2D eigenvalue weighted by Gasteiger charge is -2.42. The average molecular weight is 395 g/mol. The Hall–Kier alpha value is -2.82. The van der Waals surface area contributed by atoms with Crippen molar-refractivity contribution in [1.29, 1.82) is 0 Å². The standard InChI is InChI=1S/C24H26FNO3/c1-13(2)22-21(15-11-24(4,12-15)23(28)29)18-10-17(27)6-8-20(18)26(22)16-5-7-19(25)14(3)9-16/h5-10,13,15,27H,11-12H2,1-4H3,(H,28,29)/t15-,24+. The molecule has 29 heavy (non-hydrogen) atoms. The minimum atomic E-state index is -0.763. The summed E-state index contributed by atoms with van der Waals surface area (Å²) in [5.74, 6) is -0.546. The number of nitrogens with zero attached hydrogens (tertiary/aromatic N) is 1. The van der Waals surface area contributed by atoms with Gasteiger partial charge in [-0.15, -0.1) is 0 Å². The number of carbonyl (C=O) groups is 1. The van der Waals surface area contributed by atoms with Crippen molar-refractivity contribution >= 4 is 16.9 Å². The molecule has 1 saturated carbocycles. The second-order valence-electron chi connectivity index (χ2n) is 8.89. The lowest BCUT2D eigenvalue weighted by molar-refractivity contribution is -0.154. The number of phenolic OH excluding ortho intramolecular Hbond substituents is 1. The van der Waals surface area contributed by atoms with Crippen molar-refractivity contribution in [1.82, 2.24) is 4.57 Å². The van der Waals surface area contributed by atoms with Crippen molar-refractivity contribution in [3.8, 4) is 11.4 Å². The van der Waals surface area contributed by atoms with E-state index < -0.39 is 11.4 Å². The average Bonchev–Trinajstić information content (AvgIpc) is 2.95. The molecule has 1 aromatic heterocycles. The van der Waals surface area contributed by atoms with E-state index in [9.17, 15) is 19.4 Å². The topological polar surface area (TPSA) is 62.5 Å². The molecule has 0 unspecified atom stereocenters. The third-order valence-electron chi connectivity index (χ3n) is 6.29. The van der Waals surface area contributed by atoms with Crippen molar-refractivity contribution in [3.63, 3.8) is 0 Å². The molecule has 0 aliphatic heterocycles. The predicted molar refractivity (Wildman–Crippen MR) is 111 cm³/mol. The first-order valence-electron chi connectivity index (χ1n) is 9.99. The summed E-state index contributed by atoms with van der Waals surface area (Å²) >= 11 is 0. The van der Waals surface area contributed by atoms with E-state index in [2.05, 4.69) is 18.4 Å². The van der Waals surface area contributed by atoms with E-state index in [1.807, 2.05) is 12.1 Å². The van der Waals surface area contributed by atoms with Gasteiger partial charge in [-0.3, -0.25) is 4.79 Å². The number of hydrogen-bond donors (Lipinski definition) is 2. The number of fused-ring (bicyclic) bond motifs is 1. The Morgan fingerprint density at radius 1 is 1.21 bits per heavy atom. The smallest absolute Gasteiger partial charge is 0.309 e. The van der Waals surface area contributed by atoms with E-state index in [0.717, 1.165) is 27.8 Å². The molecular weight excluding hydrogens is 369 g/mol. The molecule has 0 amide bonds. The molecule has 1 heterocycles. The molecule has 4 nitrogen and oxygen atoms in total. The van der Waals surface area contributed by atoms with E-state index in [1.165, 1.54) is 6.07 Å². The van der Waals surface area contributed by atoms with Gasteiger partial charge >= 0.3 is 5.97 Å². The molecule has 0 spiro atoms. The molecule has 1 aliphatic carbocycles. The number of phenols is 1. The second-order valence-corrected chi connectivity index (χ2v) is 8.89. The zero-order valence-electron chi connectivity index (χ0n) is 17.2. The van der Waals surface area contributed by atoms with E-state index in [1.54, 1.807) is 32.0 Å². The highest BCUT2D eigenvalue weighted by molar-refractivity contribution is 5.90. The van der Waals surface area contributed by atoms with E-state index in [-0.39, 0.29) is 23.4 Å². The number of aliphatic carboxylic acids is 1. The lowest BCUT2D eigenvalue weighted by atomic mass is 9.60. The van der Waals surface area contributed by atoms with Crippen molar-refractivity contribution in [2.45, 2.75) is 52.4 Å². The zero-order valence-corrected chi connectivity index (χ0v) is 17.2. The molecule has 0 bridgehead atoms. The van der Waals surface area contributed by atoms with Crippen LogP contribution in [0.5, 0.6) is 5.75 Å². The van der Waals surface area contributed by atoms with Gasteiger partial charge in [0.25, 0.3) is 0 Å². The Bertz CT molecular complexity index is 1120. The number of halogens is 1. The van der Waals surface area contributed by atoms with E-state index in [0.29, 0.717) is 18.4 Å². The number of aryl methyl sites for hydroxylation is 1. The van der Waals surface area contributed by atoms with Gasteiger partial charge in [0, 0.05) is 16.8 Å². The van der Waals surface area contributed by atoms with Gasteiger partial charge in [0.2, 0.25) is 0 Å². The molecule has 0 atom stereocenters. The summed E-state index contributed by atoms with van der Waals surface area (Å²) in [6.45, 7) is 7.76. The fourth-order valence-electron chi connectivity index (χ4n) is 4.77. The number of rotatable bonds is 4. The van der Waals surface area contributed by atoms with Gasteiger partial charge in [-0.05, 0) is 86.1 Å². The number of benzene rings is 2. The fraction of sp³-hybridized carbons (Fsp3) is 0.375. The Balaban J connectivity index is 1.98. The summed E-state index contributed by atoms with van der Waals surface area (Å²) in [6.07, 6.45) is 1.14. The molecule has 0 saturated heterocycles.